The second kappa shape index (κ2) is 39.4. The number of hydrogen-bond donors (Lipinski definition) is 6. The number of esters is 1. The van der Waals surface area contributed by atoms with Crippen molar-refractivity contribution in [3.63, 3.8) is 0 Å². The average molecular weight is 893 g/mol. The van der Waals surface area contributed by atoms with E-state index in [4.69, 9.17) is 18.5 Å². The fraction of sp³-hybridized carbons (Fsp3) is 0.938. The number of carbonyl (C=O) groups excluding carboxylic acids is 1. The molecule has 0 radical (unpaired) electrons. The maximum Gasteiger partial charge on any atom is 0.472 e. The van der Waals surface area contributed by atoms with Crippen LogP contribution in [0.5, 0.6) is 0 Å². The van der Waals surface area contributed by atoms with Crippen LogP contribution in [0, 0.1) is 0 Å². The van der Waals surface area contributed by atoms with Gasteiger partial charge in [0, 0.05) is 13.0 Å². The average Bonchev–Trinajstić information content (AvgIpc) is 3.24. The van der Waals surface area contributed by atoms with Gasteiger partial charge in [0.2, 0.25) is 0 Å². The lowest BCUT2D eigenvalue weighted by Gasteiger charge is -2.41. The van der Waals surface area contributed by atoms with Gasteiger partial charge in [-0.15, -0.1) is 0 Å². The van der Waals surface area contributed by atoms with Gasteiger partial charge < -0.3 is 39.9 Å². The Labute approximate surface area is 371 Å². The predicted molar refractivity (Wildman–Crippen MR) is 244 cm³/mol. The number of unbranched alkanes of at least 4 members (excludes halogenated alkanes) is 29. The monoisotopic (exact) mass is 893 g/mol. The third-order valence-corrected chi connectivity index (χ3v) is 12.9. The van der Waals surface area contributed by atoms with Crippen LogP contribution in [0.4, 0.5) is 0 Å². The number of rotatable bonds is 43. The summed E-state index contributed by atoms with van der Waals surface area (Å²) >= 11 is 0. The van der Waals surface area contributed by atoms with E-state index in [9.17, 15) is 39.8 Å². The van der Waals surface area contributed by atoms with Crippen molar-refractivity contribution in [2.24, 2.45) is 0 Å². The zero-order chi connectivity index (χ0) is 44.8. The highest BCUT2D eigenvalue weighted by molar-refractivity contribution is 7.47. The maximum absolute atomic E-state index is 12.8. The number of hydrogen-bond acceptors (Lipinski definition) is 11. The van der Waals surface area contributed by atoms with Gasteiger partial charge in [0.25, 0.3) is 0 Å². The zero-order valence-corrected chi connectivity index (χ0v) is 39.6. The van der Waals surface area contributed by atoms with Gasteiger partial charge in [0.1, 0.15) is 42.7 Å². The van der Waals surface area contributed by atoms with E-state index in [2.05, 4.69) is 26.0 Å². The lowest BCUT2D eigenvalue weighted by Crippen LogP contribution is -2.64. The maximum atomic E-state index is 12.8. The Morgan fingerprint density at radius 1 is 0.508 bits per heavy atom. The first-order chi connectivity index (χ1) is 29.5. The van der Waals surface area contributed by atoms with Gasteiger partial charge in [0.05, 0.1) is 13.2 Å². The van der Waals surface area contributed by atoms with Crippen LogP contribution in [0.1, 0.15) is 226 Å². The normalized spacial score (nSPS) is 22.2. The first-order valence-electron chi connectivity index (χ1n) is 25.0. The van der Waals surface area contributed by atoms with Crippen molar-refractivity contribution in [2.45, 2.75) is 268 Å². The molecule has 1 aliphatic carbocycles. The molecule has 362 valence electrons. The molecule has 13 heteroatoms. The fourth-order valence-electron chi connectivity index (χ4n) is 7.88. The van der Waals surface area contributed by atoms with Gasteiger partial charge in [-0.2, -0.15) is 0 Å². The van der Waals surface area contributed by atoms with Gasteiger partial charge in [-0.1, -0.05) is 193 Å². The van der Waals surface area contributed by atoms with E-state index in [0.717, 1.165) is 57.8 Å². The molecule has 0 aromatic heterocycles. The molecule has 0 saturated heterocycles. The van der Waals surface area contributed by atoms with Crippen LogP contribution >= 0.6 is 7.82 Å². The van der Waals surface area contributed by atoms with Crippen LogP contribution in [-0.4, -0.2) is 98.9 Å². The van der Waals surface area contributed by atoms with Crippen LogP contribution in [0.2, 0.25) is 0 Å². The van der Waals surface area contributed by atoms with Crippen molar-refractivity contribution < 1.29 is 58.3 Å². The topological polar surface area (TPSA) is 192 Å². The van der Waals surface area contributed by atoms with Crippen LogP contribution in [0.3, 0.4) is 0 Å². The molecule has 1 saturated carbocycles. The third kappa shape index (κ3) is 31.6. The summed E-state index contributed by atoms with van der Waals surface area (Å²) in [5.74, 6) is -0.481. The van der Waals surface area contributed by atoms with E-state index in [1.54, 1.807) is 0 Å². The molecule has 0 aliphatic heterocycles. The minimum atomic E-state index is -5.02. The highest BCUT2D eigenvalue weighted by atomic mass is 31.2. The Morgan fingerprint density at radius 2 is 0.869 bits per heavy atom. The molecule has 0 aromatic carbocycles. The van der Waals surface area contributed by atoms with E-state index < -0.39 is 63.1 Å². The first-order valence-corrected chi connectivity index (χ1v) is 26.5. The number of aliphatic hydroxyl groups excluding tert-OH is 5. The predicted octanol–water partition coefficient (Wildman–Crippen LogP) is 10.7. The van der Waals surface area contributed by atoms with Crippen molar-refractivity contribution in [1.29, 1.82) is 0 Å². The zero-order valence-electron chi connectivity index (χ0n) is 38.7. The lowest BCUT2D eigenvalue weighted by atomic mass is 9.85. The Kier molecular flexibility index (Phi) is 37.6. The summed E-state index contributed by atoms with van der Waals surface area (Å²) in [5, 5.41) is 50.2. The van der Waals surface area contributed by atoms with Crippen LogP contribution in [0.15, 0.2) is 12.2 Å². The molecule has 8 atom stereocenters. The molecule has 0 bridgehead atoms. The molecule has 0 spiro atoms. The van der Waals surface area contributed by atoms with Crippen LogP contribution in [-0.2, 0) is 27.9 Å². The standard InChI is InChI=1S/C48H93O12P/c1-3-5-7-9-11-13-15-17-19-21-22-24-26-28-30-32-34-36-38-57-39-41(40-58-61(55,56)60-48-46(53)44(51)43(50)45(52)47(48)54)59-42(49)37-35-33-31-29-27-25-23-20-18-16-14-12-10-8-6-4-2/h20,23,41,43-48,50-54H,3-19,21-22,24-40H2,1-2H3,(H,55,56)/b23-20-/t41-,43?,44-,45?,46?,47?,48?/m1/s1. The molecule has 0 aromatic rings. The largest absolute Gasteiger partial charge is 0.472 e. The molecule has 0 heterocycles. The number of carbonyl (C=O) groups is 1. The summed E-state index contributed by atoms with van der Waals surface area (Å²) in [7, 11) is -5.02. The summed E-state index contributed by atoms with van der Waals surface area (Å²) in [6.07, 6.45) is 31.3. The van der Waals surface area contributed by atoms with Gasteiger partial charge in [-0.25, -0.2) is 4.57 Å². The van der Waals surface area contributed by atoms with Gasteiger partial charge in [-0.3, -0.25) is 13.8 Å². The number of allylic oxidation sites excluding steroid dienone is 2. The van der Waals surface area contributed by atoms with E-state index in [1.807, 2.05) is 0 Å². The summed E-state index contributed by atoms with van der Waals surface area (Å²) in [5.41, 5.74) is 0. The van der Waals surface area contributed by atoms with E-state index in [1.165, 1.54) is 141 Å². The van der Waals surface area contributed by atoms with Gasteiger partial charge in [-0.05, 0) is 38.5 Å². The SMILES string of the molecule is CCCCCCCCC/C=C\CCCCCCCC(=O)O[C@H](COCCCCCCCCCCCCCCCCCCCC)COP(=O)(O)OC1C(O)C(O)C(O)[C@@H](O)C1O. The summed E-state index contributed by atoms with van der Waals surface area (Å²) in [4.78, 5) is 23.2. The summed E-state index contributed by atoms with van der Waals surface area (Å²) < 4.78 is 34.3. The lowest BCUT2D eigenvalue weighted by molar-refractivity contribution is -0.220. The first kappa shape index (κ1) is 58.1. The third-order valence-electron chi connectivity index (χ3n) is 11.9. The van der Waals surface area contributed by atoms with E-state index in [0.29, 0.717) is 13.0 Å². The quantitative estimate of drug-likeness (QED) is 0.0147. The number of phosphoric acid groups is 1. The smallest absolute Gasteiger partial charge is 0.457 e. The number of ether oxygens (including phenoxy) is 2. The Balaban J connectivity index is 2.35. The molecule has 6 unspecified atom stereocenters. The molecular formula is C48H93O12P. The minimum Gasteiger partial charge on any atom is -0.457 e. The fourth-order valence-corrected chi connectivity index (χ4v) is 8.85. The minimum absolute atomic E-state index is 0.0739. The Hall–Kier alpha value is -0.920. The van der Waals surface area contributed by atoms with Gasteiger partial charge in [0.15, 0.2) is 0 Å². The molecule has 1 aliphatic rings. The Bertz CT molecular complexity index is 1060. The molecule has 6 N–H and O–H groups in total. The highest BCUT2D eigenvalue weighted by Gasteiger charge is 2.51. The molecule has 61 heavy (non-hydrogen) atoms. The Morgan fingerprint density at radius 3 is 1.30 bits per heavy atom. The van der Waals surface area contributed by atoms with Crippen LogP contribution < -0.4 is 0 Å². The molecule has 12 nitrogen and oxygen atoms in total. The second-order valence-corrected chi connectivity index (χ2v) is 19.1. The van der Waals surface area contributed by atoms with Crippen molar-refractivity contribution in [3.05, 3.63) is 12.2 Å². The van der Waals surface area contributed by atoms with Crippen molar-refractivity contribution in [2.75, 3.05) is 19.8 Å². The molecule has 1 fully saturated rings. The highest BCUT2D eigenvalue weighted by Crippen LogP contribution is 2.47. The number of aliphatic hydroxyl groups is 5. The van der Waals surface area contributed by atoms with Crippen molar-refractivity contribution in [1.82, 2.24) is 0 Å². The number of phosphoric ester groups is 1. The van der Waals surface area contributed by atoms with E-state index >= 15 is 0 Å². The molecule has 0 amide bonds. The van der Waals surface area contributed by atoms with E-state index in [-0.39, 0.29) is 13.0 Å². The summed E-state index contributed by atoms with van der Waals surface area (Å²) in [6.45, 7) is 4.29. The second-order valence-electron chi connectivity index (χ2n) is 17.7. The van der Waals surface area contributed by atoms with Gasteiger partial charge >= 0.3 is 13.8 Å². The molecule has 1 rings (SSSR count). The van der Waals surface area contributed by atoms with Crippen molar-refractivity contribution >= 4 is 13.8 Å². The van der Waals surface area contributed by atoms with Crippen molar-refractivity contribution in [3.8, 4) is 0 Å². The summed E-state index contributed by atoms with van der Waals surface area (Å²) in [6, 6.07) is 0. The van der Waals surface area contributed by atoms with Crippen LogP contribution in [0.25, 0.3) is 0 Å². The molecular weight excluding hydrogens is 799 g/mol.